The van der Waals surface area contributed by atoms with Gasteiger partial charge in [-0.15, -0.1) is 0 Å². The van der Waals surface area contributed by atoms with Crippen molar-refractivity contribution >= 4 is 23.2 Å². The van der Waals surface area contributed by atoms with Crippen molar-refractivity contribution in [2.75, 3.05) is 17.3 Å². The summed E-state index contributed by atoms with van der Waals surface area (Å²) in [7, 11) is 1.58. The Kier molecular flexibility index (Phi) is 5.63. The van der Waals surface area contributed by atoms with Crippen LogP contribution in [0.1, 0.15) is 26.5 Å². The van der Waals surface area contributed by atoms with Gasteiger partial charge in [-0.25, -0.2) is 4.98 Å². The number of anilines is 2. The van der Waals surface area contributed by atoms with Gasteiger partial charge in [-0.3, -0.25) is 9.59 Å². The quantitative estimate of drug-likeness (QED) is 0.696. The molecule has 8 heteroatoms. The van der Waals surface area contributed by atoms with Gasteiger partial charge in [0.05, 0.1) is 5.56 Å². The van der Waals surface area contributed by atoms with Crippen LogP contribution in [0.2, 0.25) is 0 Å². The molecule has 1 heterocycles. The summed E-state index contributed by atoms with van der Waals surface area (Å²) < 4.78 is 38.5. The third-order valence-electron chi connectivity index (χ3n) is 4.10. The predicted octanol–water partition coefficient (Wildman–Crippen LogP) is 4.63. The van der Waals surface area contributed by atoms with Crippen LogP contribution in [0.15, 0.2) is 72.8 Å². The van der Waals surface area contributed by atoms with Crippen LogP contribution in [0.3, 0.4) is 0 Å². The van der Waals surface area contributed by atoms with Gasteiger partial charge in [0.1, 0.15) is 11.4 Å². The van der Waals surface area contributed by atoms with Crippen molar-refractivity contribution in [2.45, 2.75) is 6.18 Å². The van der Waals surface area contributed by atoms with Gasteiger partial charge in [0, 0.05) is 18.4 Å². The van der Waals surface area contributed by atoms with Crippen molar-refractivity contribution in [1.29, 1.82) is 0 Å². The fraction of sp³-hybridized carbons (Fsp3) is 0.0952. The lowest BCUT2D eigenvalue weighted by molar-refractivity contribution is -0.137. The van der Waals surface area contributed by atoms with Crippen molar-refractivity contribution in [1.82, 2.24) is 4.98 Å². The van der Waals surface area contributed by atoms with Gasteiger partial charge in [-0.1, -0.05) is 30.3 Å². The summed E-state index contributed by atoms with van der Waals surface area (Å²) in [6.07, 6.45) is -4.52. The third-order valence-corrected chi connectivity index (χ3v) is 4.10. The monoisotopic (exact) mass is 399 g/mol. The highest BCUT2D eigenvalue weighted by Gasteiger charge is 2.30. The highest BCUT2D eigenvalue weighted by atomic mass is 19.4. The molecule has 3 rings (SSSR count). The Morgan fingerprint density at radius 2 is 1.55 bits per heavy atom. The summed E-state index contributed by atoms with van der Waals surface area (Å²) in [6, 6.07) is 17.5. The molecule has 0 saturated heterocycles. The van der Waals surface area contributed by atoms with Gasteiger partial charge in [-0.05, 0) is 42.5 Å². The summed E-state index contributed by atoms with van der Waals surface area (Å²) in [6.45, 7) is 0. The molecular weight excluding hydrogens is 383 g/mol. The number of nitrogens with zero attached hydrogens (tertiary/aromatic N) is 2. The standard InChI is InChI=1S/C21H16F3N3O2/c1-27(16-9-3-2-4-10-16)20(29)18-12-6-11-17(26-18)19(28)25-15-8-5-7-14(13-15)21(22,23)24/h2-13H,1H3,(H,25,28). The van der Waals surface area contributed by atoms with E-state index in [-0.39, 0.29) is 17.1 Å². The van der Waals surface area contributed by atoms with Crippen LogP contribution in [0.5, 0.6) is 0 Å². The summed E-state index contributed by atoms with van der Waals surface area (Å²) in [4.78, 5) is 30.5. The number of alkyl halides is 3. The number of amides is 2. The van der Waals surface area contributed by atoms with E-state index in [0.717, 1.165) is 12.1 Å². The van der Waals surface area contributed by atoms with E-state index in [4.69, 9.17) is 0 Å². The molecule has 1 N–H and O–H groups in total. The zero-order valence-electron chi connectivity index (χ0n) is 15.3. The molecule has 148 valence electrons. The van der Waals surface area contributed by atoms with Crippen LogP contribution in [0, 0.1) is 0 Å². The number of benzene rings is 2. The van der Waals surface area contributed by atoms with Crippen molar-refractivity contribution < 1.29 is 22.8 Å². The minimum atomic E-state index is -4.52. The molecule has 0 unspecified atom stereocenters. The Bertz CT molecular complexity index is 1040. The number of rotatable bonds is 4. The second-order valence-corrected chi connectivity index (χ2v) is 6.14. The highest BCUT2D eigenvalue weighted by molar-refractivity contribution is 6.07. The Balaban J connectivity index is 1.79. The maximum Gasteiger partial charge on any atom is 0.416 e. The van der Waals surface area contributed by atoms with Crippen LogP contribution < -0.4 is 10.2 Å². The van der Waals surface area contributed by atoms with Crippen LogP contribution in [-0.4, -0.2) is 23.8 Å². The fourth-order valence-corrected chi connectivity index (χ4v) is 2.59. The molecule has 0 aliphatic rings. The minimum absolute atomic E-state index is 0.0234. The average molecular weight is 399 g/mol. The lowest BCUT2D eigenvalue weighted by Crippen LogP contribution is -2.27. The maximum atomic E-state index is 12.8. The highest BCUT2D eigenvalue weighted by Crippen LogP contribution is 2.30. The number of carbonyl (C=O) groups excluding carboxylic acids is 2. The second kappa shape index (κ2) is 8.14. The molecule has 0 aliphatic heterocycles. The third kappa shape index (κ3) is 4.78. The lowest BCUT2D eigenvalue weighted by Gasteiger charge is -2.17. The van der Waals surface area contributed by atoms with Crippen molar-refractivity contribution in [3.05, 3.63) is 89.7 Å². The number of hydrogen-bond donors (Lipinski definition) is 1. The van der Waals surface area contributed by atoms with Crippen molar-refractivity contribution in [2.24, 2.45) is 0 Å². The van der Waals surface area contributed by atoms with Gasteiger partial charge in [0.25, 0.3) is 11.8 Å². The molecule has 2 aromatic carbocycles. The molecule has 2 amide bonds. The molecule has 3 aromatic rings. The van der Waals surface area contributed by atoms with E-state index in [2.05, 4.69) is 10.3 Å². The maximum absolute atomic E-state index is 12.8. The van der Waals surface area contributed by atoms with E-state index in [0.29, 0.717) is 5.69 Å². The van der Waals surface area contributed by atoms with Crippen LogP contribution >= 0.6 is 0 Å². The molecule has 0 fully saturated rings. The molecule has 29 heavy (non-hydrogen) atoms. The molecule has 0 aliphatic carbocycles. The van der Waals surface area contributed by atoms with Crippen LogP contribution in [-0.2, 0) is 6.18 Å². The first-order chi connectivity index (χ1) is 13.8. The van der Waals surface area contributed by atoms with Gasteiger partial charge in [0.2, 0.25) is 0 Å². The number of carbonyl (C=O) groups is 2. The molecule has 0 spiro atoms. The second-order valence-electron chi connectivity index (χ2n) is 6.14. The summed E-state index contributed by atoms with van der Waals surface area (Å²) in [5.41, 5.74) is -0.303. The molecule has 5 nitrogen and oxygen atoms in total. The van der Waals surface area contributed by atoms with E-state index in [1.807, 2.05) is 6.07 Å². The molecule has 0 atom stereocenters. The van der Waals surface area contributed by atoms with Crippen LogP contribution in [0.25, 0.3) is 0 Å². The molecule has 0 bridgehead atoms. The minimum Gasteiger partial charge on any atom is -0.321 e. The topological polar surface area (TPSA) is 62.3 Å². The number of halogens is 3. The van der Waals surface area contributed by atoms with Crippen molar-refractivity contribution in [3.63, 3.8) is 0 Å². The van der Waals surface area contributed by atoms with Crippen molar-refractivity contribution in [3.8, 4) is 0 Å². The lowest BCUT2D eigenvalue weighted by atomic mass is 10.2. The fourth-order valence-electron chi connectivity index (χ4n) is 2.59. The Morgan fingerprint density at radius 1 is 0.897 bits per heavy atom. The molecule has 0 radical (unpaired) electrons. The number of pyridine rings is 1. The van der Waals surface area contributed by atoms with Gasteiger partial charge in [-0.2, -0.15) is 13.2 Å². The smallest absolute Gasteiger partial charge is 0.321 e. The molecular formula is C21H16F3N3O2. The summed E-state index contributed by atoms with van der Waals surface area (Å²) in [5, 5.41) is 2.37. The first kappa shape index (κ1) is 20.1. The number of nitrogens with one attached hydrogen (secondary N) is 1. The zero-order chi connectivity index (χ0) is 21.0. The average Bonchev–Trinajstić information content (AvgIpc) is 2.73. The van der Waals surface area contributed by atoms with E-state index >= 15 is 0 Å². The van der Waals surface area contributed by atoms with E-state index < -0.39 is 23.6 Å². The van der Waals surface area contributed by atoms with Gasteiger partial charge in [0.15, 0.2) is 0 Å². The Hall–Kier alpha value is -3.68. The van der Waals surface area contributed by atoms with Gasteiger partial charge < -0.3 is 10.2 Å². The first-order valence-corrected chi connectivity index (χ1v) is 8.54. The normalized spacial score (nSPS) is 11.0. The summed E-state index contributed by atoms with van der Waals surface area (Å²) >= 11 is 0. The summed E-state index contributed by atoms with van der Waals surface area (Å²) in [5.74, 6) is -1.15. The molecule has 0 saturated carbocycles. The van der Waals surface area contributed by atoms with E-state index in [1.165, 1.54) is 35.2 Å². The predicted molar refractivity (Wildman–Crippen MR) is 103 cm³/mol. The molecule has 1 aromatic heterocycles. The number of para-hydroxylation sites is 1. The zero-order valence-corrected chi connectivity index (χ0v) is 15.3. The van der Waals surface area contributed by atoms with Gasteiger partial charge >= 0.3 is 6.18 Å². The Morgan fingerprint density at radius 3 is 2.24 bits per heavy atom. The van der Waals surface area contributed by atoms with Crippen LogP contribution in [0.4, 0.5) is 24.5 Å². The largest absolute Gasteiger partial charge is 0.416 e. The van der Waals surface area contributed by atoms with E-state index in [9.17, 15) is 22.8 Å². The van der Waals surface area contributed by atoms with E-state index in [1.54, 1.807) is 31.3 Å². The first-order valence-electron chi connectivity index (χ1n) is 8.54. The number of aromatic nitrogens is 1. The SMILES string of the molecule is CN(C(=O)c1cccc(C(=O)Nc2cccc(C(F)(F)F)c2)n1)c1ccccc1. The Labute approximate surface area is 164 Å². The number of hydrogen-bond acceptors (Lipinski definition) is 3.